The van der Waals surface area contributed by atoms with Gasteiger partial charge in [-0.15, -0.1) is 0 Å². The summed E-state index contributed by atoms with van der Waals surface area (Å²) in [7, 11) is 0. The van der Waals surface area contributed by atoms with Gasteiger partial charge in [-0.3, -0.25) is 4.79 Å². The SMILES string of the molecule is O=C(Nc1ccc(Oc2ccc(O)cc2)cc1)c1ccc(O)cc1. The Hall–Kier alpha value is -3.47. The van der Waals surface area contributed by atoms with E-state index in [4.69, 9.17) is 4.74 Å². The third kappa shape index (κ3) is 3.84. The maximum Gasteiger partial charge on any atom is 0.255 e. The van der Waals surface area contributed by atoms with Gasteiger partial charge in [0.05, 0.1) is 0 Å². The molecule has 0 heterocycles. The average Bonchev–Trinajstić information content (AvgIpc) is 2.59. The van der Waals surface area contributed by atoms with Gasteiger partial charge < -0.3 is 20.3 Å². The Morgan fingerprint density at radius 3 is 1.71 bits per heavy atom. The zero-order valence-electron chi connectivity index (χ0n) is 12.6. The maximum absolute atomic E-state index is 12.1. The van der Waals surface area contributed by atoms with Crippen LogP contribution in [0.5, 0.6) is 23.0 Å². The lowest BCUT2D eigenvalue weighted by atomic mass is 10.2. The van der Waals surface area contributed by atoms with Crippen molar-refractivity contribution in [1.82, 2.24) is 0 Å². The summed E-state index contributed by atoms with van der Waals surface area (Å²) in [6, 6.07) is 19.4. The summed E-state index contributed by atoms with van der Waals surface area (Å²) in [5.74, 6) is 1.25. The standard InChI is InChI=1S/C19H15NO4/c21-15-5-1-13(2-6-15)19(23)20-14-3-9-17(10-4-14)24-18-11-7-16(22)8-12-18/h1-12,21-22H,(H,20,23). The molecule has 0 saturated carbocycles. The molecule has 0 fully saturated rings. The zero-order chi connectivity index (χ0) is 16.9. The molecule has 0 atom stereocenters. The molecule has 3 aromatic carbocycles. The lowest BCUT2D eigenvalue weighted by Gasteiger charge is -2.08. The first-order valence-corrected chi connectivity index (χ1v) is 7.27. The molecule has 0 aromatic heterocycles. The molecule has 1 amide bonds. The number of anilines is 1. The normalized spacial score (nSPS) is 10.2. The fraction of sp³-hybridized carbons (Fsp3) is 0. The zero-order valence-corrected chi connectivity index (χ0v) is 12.6. The monoisotopic (exact) mass is 321 g/mol. The molecule has 5 heteroatoms. The summed E-state index contributed by atoms with van der Waals surface area (Å²) in [6.45, 7) is 0. The molecular weight excluding hydrogens is 306 g/mol. The second kappa shape index (κ2) is 6.75. The number of benzene rings is 3. The Labute approximate surface area is 138 Å². The van der Waals surface area contributed by atoms with Crippen LogP contribution in [0.1, 0.15) is 10.4 Å². The van der Waals surface area contributed by atoms with Gasteiger partial charge in [0.1, 0.15) is 23.0 Å². The first-order chi connectivity index (χ1) is 11.6. The van der Waals surface area contributed by atoms with Gasteiger partial charge in [-0.05, 0) is 72.8 Å². The molecule has 0 aliphatic rings. The molecule has 24 heavy (non-hydrogen) atoms. The van der Waals surface area contributed by atoms with Crippen molar-refractivity contribution in [3.63, 3.8) is 0 Å². The summed E-state index contributed by atoms with van der Waals surface area (Å²) in [6.07, 6.45) is 0. The lowest BCUT2D eigenvalue weighted by molar-refractivity contribution is 0.102. The summed E-state index contributed by atoms with van der Waals surface area (Å²) in [5, 5.41) is 21.2. The van der Waals surface area contributed by atoms with Crippen LogP contribution >= 0.6 is 0 Å². The van der Waals surface area contributed by atoms with Gasteiger partial charge in [-0.1, -0.05) is 0 Å². The Morgan fingerprint density at radius 1 is 0.708 bits per heavy atom. The number of phenols is 2. The van der Waals surface area contributed by atoms with Crippen LogP contribution in [0.4, 0.5) is 5.69 Å². The minimum absolute atomic E-state index is 0.113. The summed E-state index contributed by atoms with van der Waals surface area (Å²) in [4.78, 5) is 12.1. The second-order valence-electron chi connectivity index (χ2n) is 5.12. The molecule has 0 aliphatic carbocycles. The average molecular weight is 321 g/mol. The molecule has 0 radical (unpaired) electrons. The smallest absolute Gasteiger partial charge is 0.255 e. The largest absolute Gasteiger partial charge is 0.508 e. The highest BCUT2D eigenvalue weighted by Crippen LogP contribution is 2.24. The molecule has 0 saturated heterocycles. The number of phenolic OH excluding ortho intramolecular Hbond substituents is 2. The lowest BCUT2D eigenvalue weighted by Crippen LogP contribution is -2.11. The van der Waals surface area contributed by atoms with Crippen molar-refractivity contribution < 1.29 is 19.7 Å². The highest BCUT2D eigenvalue weighted by atomic mass is 16.5. The molecular formula is C19H15NO4. The topological polar surface area (TPSA) is 78.8 Å². The van der Waals surface area contributed by atoms with Gasteiger partial charge in [-0.25, -0.2) is 0 Å². The molecule has 0 spiro atoms. The highest BCUT2D eigenvalue weighted by Gasteiger charge is 2.06. The predicted molar refractivity (Wildman–Crippen MR) is 90.7 cm³/mol. The van der Waals surface area contributed by atoms with Crippen LogP contribution in [0.2, 0.25) is 0 Å². The number of rotatable bonds is 4. The van der Waals surface area contributed by atoms with Crippen LogP contribution in [0.25, 0.3) is 0 Å². The van der Waals surface area contributed by atoms with Crippen molar-refractivity contribution >= 4 is 11.6 Å². The molecule has 120 valence electrons. The molecule has 5 nitrogen and oxygen atoms in total. The van der Waals surface area contributed by atoms with E-state index in [1.165, 1.54) is 12.1 Å². The van der Waals surface area contributed by atoms with Gasteiger partial charge in [0.15, 0.2) is 0 Å². The van der Waals surface area contributed by atoms with Crippen LogP contribution in [-0.2, 0) is 0 Å². The third-order valence-electron chi connectivity index (χ3n) is 3.31. The number of amides is 1. The van der Waals surface area contributed by atoms with E-state index in [0.717, 1.165) is 0 Å². The van der Waals surface area contributed by atoms with E-state index in [0.29, 0.717) is 22.7 Å². The highest BCUT2D eigenvalue weighted by molar-refractivity contribution is 6.04. The van der Waals surface area contributed by atoms with Gasteiger partial charge in [0.25, 0.3) is 5.91 Å². The first-order valence-electron chi connectivity index (χ1n) is 7.27. The van der Waals surface area contributed by atoms with E-state index in [2.05, 4.69) is 5.32 Å². The Morgan fingerprint density at radius 2 is 1.17 bits per heavy atom. The number of hydrogen-bond donors (Lipinski definition) is 3. The Kier molecular flexibility index (Phi) is 4.34. The minimum Gasteiger partial charge on any atom is -0.508 e. The fourth-order valence-electron chi connectivity index (χ4n) is 2.07. The summed E-state index contributed by atoms with van der Waals surface area (Å²) in [5.41, 5.74) is 1.09. The molecule has 0 unspecified atom stereocenters. The van der Waals surface area contributed by atoms with Gasteiger partial charge in [0.2, 0.25) is 0 Å². The summed E-state index contributed by atoms with van der Waals surface area (Å²) < 4.78 is 5.64. The van der Waals surface area contributed by atoms with Crippen molar-refractivity contribution in [3.05, 3.63) is 78.4 Å². The second-order valence-corrected chi connectivity index (χ2v) is 5.12. The number of carbonyl (C=O) groups excluding carboxylic acids is 1. The van der Waals surface area contributed by atoms with Gasteiger partial charge in [0, 0.05) is 11.3 Å². The van der Waals surface area contributed by atoms with Crippen molar-refractivity contribution in [3.8, 4) is 23.0 Å². The molecule has 3 N–H and O–H groups in total. The predicted octanol–water partition coefficient (Wildman–Crippen LogP) is 4.14. The maximum atomic E-state index is 12.1. The summed E-state index contributed by atoms with van der Waals surface area (Å²) >= 11 is 0. The van der Waals surface area contributed by atoms with Crippen molar-refractivity contribution in [2.45, 2.75) is 0 Å². The van der Waals surface area contributed by atoms with Crippen LogP contribution in [0.15, 0.2) is 72.8 Å². The van der Waals surface area contributed by atoms with Crippen molar-refractivity contribution in [1.29, 1.82) is 0 Å². The number of hydrogen-bond acceptors (Lipinski definition) is 4. The van der Waals surface area contributed by atoms with E-state index >= 15 is 0 Å². The van der Waals surface area contributed by atoms with Crippen LogP contribution < -0.4 is 10.1 Å². The van der Waals surface area contributed by atoms with E-state index < -0.39 is 0 Å². The number of nitrogens with one attached hydrogen (secondary N) is 1. The molecule has 3 aromatic rings. The van der Waals surface area contributed by atoms with Crippen molar-refractivity contribution in [2.24, 2.45) is 0 Å². The fourth-order valence-corrected chi connectivity index (χ4v) is 2.07. The number of ether oxygens (including phenoxy) is 1. The third-order valence-corrected chi connectivity index (χ3v) is 3.31. The molecule has 3 rings (SSSR count). The van der Waals surface area contributed by atoms with E-state index in [9.17, 15) is 15.0 Å². The quantitative estimate of drug-likeness (QED) is 0.675. The van der Waals surface area contributed by atoms with Crippen LogP contribution in [0, 0.1) is 0 Å². The van der Waals surface area contributed by atoms with Crippen LogP contribution in [-0.4, -0.2) is 16.1 Å². The van der Waals surface area contributed by atoms with E-state index in [1.807, 2.05) is 0 Å². The molecule has 0 aliphatic heterocycles. The van der Waals surface area contributed by atoms with Gasteiger partial charge in [-0.2, -0.15) is 0 Å². The Bertz CT molecular complexity index is 825. The number of carbonyl (C=O) groups is 1. The van der Waals surface area contributed by atoms with E-state index in [1.54, 1.807) is 60.7 Å². The minimum atomic E-state index is -0.262. The van der Waals surface area contributed by atoms with Gasteiger partial charge >= 0.3 is 0 Å². The molecule has 0 bridgehead atoms. The Balaban J connectivity index is 1.64. The van der Waals surface area contributed by atoms with E-state index in [-0.39, 0.29) is 17.4 Å². The number of aromatic hydroxyl groups is 2. The van der Waals surface area contributed by atoms with Crippen molar-refractivity contribution in [2.75, 3.05) is 5.32 Å². The van der Waals surface area contributed by atoms with Crippen LogP contribution in [0.3, 0.4) is 0 Å². The first kappa shape index (κ1) is 15.4.